The molecule has 1 rings (SSSR count). The Hall–Kier alpha value is -0.570. The number of aliphatic hydroxyl groups is 1. The molecule has 0 radical (unpaired) electrons. The van der Waals surface area contributed by atoms with Crippen LogP contribution in [0.4, 0.5) is 0 Å². The minimum Gasteiger partial charge on any atom is -0.388 e. The highest BCUT2D eigenvalue weighted by Crippen LogP contribution is 2.28. The molecule has 3 nitrogen and oxygen atoms in total. The van der Waals surface area contributed by atoms with E-state index < -0.39 is 5.60 Å². The number of carbonyl (C=O) groups is 1. The van der Waals surface area contributed by atoms with Crippen LogP contribution in [0.25, 0.3) is 0 Å². The Balaban J connectivity index is 2.22. The Morgan fingerprint density at radius 3 is 2.50 bits per heavy atom. The van der Waals surface area contributed by atoms with Gasteiger partial charge in [0.2, 0.25) is 5.91 Å². The average Bonchev–Trinajstić information content (AvgIpc) is 2.49. The van der Waals surface area contributed by atoms with Gasteiger partial charge in [-0.05, 0) is 18.8 Å². The SMILES string of the molecule is CC(C)CC(=O)NCC1(O)CCCC1. The van der Waals surface area contributed by atoms with Crippen molar-refractivity contribution in [3.05, 3.63) is 0 Å². The smallest absolute Gasteiger partial charge is 0.220 e. The Kier molecular flexibility index (Phi) is 3.93. The summed E-state index contributed by atoms with van der Waals surface area (Å²) in [6.45, 7) is 4.46. The van der Waals surface area contributed by atoms with E-state index in [1.807, 2.05) is 13.8 Å². The maximum atomic E-state index is 11.3. The zero-order chi connectivity index (χ0) is 10.6. The van der Waals surface area contributed by atoms with Crippen LogP contribution in [0.3, 0.4) is 0 Å². The Morgan fingerprint density at radius 1 is 1.43 bits per heavy atom. The summed E-state index contributed by atoms with van der Waals surface area (Å²) in [7, 11) is 0. The van der Waals surface area contributed by atoms with Crippen LogP contribution in [0, 0.1) is 5.92 Å². The third-order valence-electron chi connectivity index (χ3n) is 2.74. The van der Waals surface area contributed by atoms with Crippen molar-refractivity contribution in [3.8, 4) is 0 Å². The van der Waals surface area contributed by atoms with Crippen LogP contribution in [0.2, 0.25) is 0 Å². The van der Waals surface area contributed by atoms with Gasteiger partial charge < -0.3 is 10.4 Å². The fourth-order valence-corrected chi connectivity index (χ4v) is 1.92. The molecule has 3 heteroatoms. The summed E-state index contributed by atoms with van der Waals surface area (Å²) in [5, 5.41) is 12.8. The van der Waals surface area contributed by atoms with Gasteiger partial charge in [0, 0.05) is 13.0 Å². The van der Waals surface area contributed by atoms with Crippen molar-refractivity contribution in [1.29, 1.82) is 0 Å². The van der Waals surface area contributed by atoms with Gasteiger partial charge in [0.25, 0.3) is 0 Å². The standard InChI is InChI=1S/C11H21NO2/c1-9(2)7-10(13)12-8-11(14)5-3-4-6-11/h9,14H,3-8H2,1-2H3,(H,12,13). The lowest BCUT2D eigenvalue weighted by molar-refractivity contribution is -0.123. The molecule has 0 aromatic rings. The van der Waals surface area contributed by atoms with Crippen LogP contribution in [0.1, 0.15) is 46.0 Å². The number of rotatable bonds is 4. The second kappa shape index (κ2) is 4.78. The number of hydrogen-bond acceptors (Lipinski definition) is 2. The molecular weight excluding hydrogens is 178 g/mol. The molecule has 0 heterocycles. The van der Waals surface area contributed by atoms with Gasteiger partial charge in [-0.3, -0.25) is 4.79 Å². The quantitative estimate of drug-likeness (QED) is 0.720. The molecule has 14 heavy (non-hydrogen) atoms. The molecule has 0 bridgehead atoms. The summed E-state index contributed by atoms with van der Waals surface area (Å²) < 4.78 is 0. The van der Waals surface area contributed by atoms with Crippen LogP contribution in [-0.2, 0) is 4.79 Å². The largest absolute Gasteiger partial charge is 0.388 e. The Morgan fingerprint density at radius 2 is 2.00 bits per heavy atom. The first-order chi connectivity index (χ1) is 6.52. The minimum atomic E-state index is -0.618. The highest BCUT2D eigenvalue weighted by atomic mass is 16.3. The molecule has 82 valence electrons. The summed E-state index contributed by atoms with van der Waals surface area (Å²) in [6.07, 6.45) is 4.37. The Bertz CT molecular complexity index is 195. The molecule has 0 spiro atoms. The summed E-state index contributed by atoms with van der Waals surface area (Å²) in [6, 6.07) is 0. The molecule has 1 saturated carbocycles. The molecule has 1 aliphatic carbocycles. The minimum absolute atomic E-state index is 0.0559. The predicted molar refractivity (Wildman–Crippen MR) is 55.9 cm³/mol. The van der Waals surface area contributed by atoms with Crippen LogP contribution in [0.5, 0.6) is 0 Å². The second-order valence-electron chi connectivity index (χ2n) is 4.81. The average molecular weight is 199 g/mol. The van der Waals surface area contributed by atoms with Crippen molar-refractivity contribution in [2.75, 3.05) is 6.54 Å². The van der Waals surface area contributed by atoms with E-state index in [0.717, 1.165) is 25.7 Å². The van der Waals surface area contributed by atoms with Gasteiger partial charge in [-0.25, -0.2) is 0 Å². The third-order valence-corrected chi connectivity index (χ3v) is 2.74. The van der Waals surface area contributed by atoms with Crippen molar-refractivity contribution in [1.82, 2.24) is 5.32 Å². The summed E-state index contributed by atoms with van der Waals surface area (Å²) in [4.78, 5) is 11.3. The number of nitrogens with one attached hydrogen (secondary N) is 1. The van der Waals surface area contributed by atoms with Gasteiger partial charge >= 0.3 is 0 Å². The highest BCUT2D eigenvalue weighted by Gasteiger charge is 2.31. The van der Waals surface area contributed by atoms with E-state index in [0.29, 0.717) is 18.9 Å². The van der Waals surface area contributed by atoms with E-state index in [2.05, 4.69) is 5.32 Å². The number of hydrogen-bond donors (Lipinski definition) is 2. The third kappa shape index (κ3) is 3.66. The van der Waals surface area contributed by atoms with E-state index in [4.69, 9.17) is 0 Å². The van der Waals surface area contributed by atoms with Crippen molar-refractivity contribution in [2.45, 2.75) is 51.6 Å². The lowest BCUT2D eigenvalue weighted by Gasteiger charge is -2.22. The molecule has 0 aromatic carbocycles. The zero-order valence-corrected chi connectivity index (χ0v) is 9.18. The van der Waals surface area contributed by atoms with Gasteiger partial charge in [0.15, 0.2) is 0 Å². The van der Waals surface area contributed by atoms with Crippen molar-refractivity contribution in [2.24, 2.45) is 5.92 Å². The molecule has 0 unspecified atom stereocenters. The maximum Gasteiger partial charge on any atom is 0.220 e. The zero-order valence-electron chi connectivity index (χ0n) is 9.18. The van der Waals surface area contributed by atoms with Gasteiger partial charge in [0.1, 0.15) is 0 Å². The second-order valence-corrected chi connectivity index (χ2v) is 4.81. The monoisotopic (exact) mass is 199 g/mol. The fraction of sp³-hybridized carbons (Fsp3) is 0.909. The first-order valence-electron chi connectivity index (χ1n) is 5.51. The molecule has 0 saturated heterocycles. The van der Waals surface area contributed by atoms with Crippen molar-refractivity contribution < 1.29 is 9.90 Å². The maximum absolute atomic E-state index is 11.3. The van der Waals surface area contributed by atoms with Crippen molar-refractivity contribution in [3.63, 3.8) is 0 Å². The van der Waals surface area contributed by atoms with Crippen LogP contribution < -0.4 is 5.32 Å². The van der Waals surface area contributed by atoms with E-state index in [1.165, 1.54) is 0 Å². The van der Waals surface area contributed by atoms with Gasteiger partial charge in [-0.1, -0.05) is 26.7 Å². The summed E-state index contributed by atoms with van der Waals surface area (Å²) in [5.74, 6) is 0.438. The van der Waals surface area contributed by atoms with Gasteiger partial charge in [-0.15, -0.1) is 0 Å². The first-order valence-corrected chi connectivity index (χ1v) is 5.51. The van der Waals surface area contributed by atoms with Crippen LogP contribution in [-0.4, -0.2) is 23.2 Å². The van der Waals surface area contributed by atoms with E-state index in [1.54, 1.807) is 0 Å². The van der Waals surface area contributed by atoms with Gasteiger partial charge in [-0.2, -0.15) is 0 Å². The number of carbonyl (C=O) groups excluding carboxylic acids is 1. The fourth-order valence-electron chi connectivity index (χ4n) is 1.92. The normalized spacial score (nSPS) is 20.0. The number of amides is 1. The molecular formula is C11H21NO2. The Labute approximate surface area is 85.9 Å². The lowest BCUT2D eigenvalue weighted by Crippen LogP contribution is -2.41. The van der Waals surface area contributed by atoms with Crippen molar-refractivity contribution >= 4 is 5.91 Å². The molecule has 2 N–H and O–H groups in total. The van der Waals surface area contributed by atoms with E-state index >= 15 is 0 Å². The molecule has 1 aliphatic rings. The van der Waals surface area contributed by atoms with E-state index in [9.17, 15) is 9.90 Å². The predicted octanol–water partition coefficient (Wildman–Crippen LogP) is 1.45. The molecule has 1 amide bonds. The molecule has 0 aliphatic heterocycles. The first kappa shape index (κ1) is 11.5. The highest BCUT2D eigenvalue weighted by molar-refractivity contribution is 5.76. The summed E-state index contributed by atoms with van der Waals surface area (Å²) >= 11 is 0. The van der Waals surface area contributed by atoms with Crippen LogP contribution >= 0.6 is 0 Å². The molecule has 0 atom stereocenters. The topological polar surface area (TPSA) is 49.3 Å². The lowest BCUT2D eigenvalue weighted by atomic mass is 10.0. The summed E-state index contributed by atoms with van der Waals surface area (Å²) in [5.41, 5.74) is -0.618. The molecule has 0 aromatic heterocycles. The van der Waals surface area contributed by atoms with Gasteiger partial charge in [0.05, 0.1) is 5.60 Å². The van der Waals surface area contributed by atoms with E-state index in [-0.39, 0.29) is 5.91 Å². The van der Waals surface area contributed by atoms with Crippen LogP contribution in [0.15, 0.2) is 0 Å². The molecule has 1 fully saturated rings.